The van der Waals surface area contributed by atoms with Crippen molar-refractivity contribution >= 4 is 40.9 Å². The zero-order valence-electron chi connectivity index (χ0n) is 17.1. The molecule has 1 saturated heterocycles. The van der Waals surface area contributed by atoms with Crippen LogP contribution in [0, 0.1) is 0 Å². The third-order valence-electron chi connectivity index (χ3n) is 5.86. The summed E-state index contributed by atoms with van der Waals surface area (Å²) >= 11 is 12.4. The summed E-state index contributed by atoms with van der Waals surface area (Å²) in [6.45, 7) is 1.70. The second kappa shape index (κ2) is 8.96. The Morgan fingerprint density at radius 2 is 1.85 bits per heavy atom. The van der Waals surface area contributed by atoms with Crippen molar-refractivity contribution in [3.63, 3.8) is 0 Å². The number of alkyl halides is 3. The second-order valence-corrected chi connectivity index (χ2v) is 8.85. The van der Waals surface area contributed by atoms with Crippen LogP contribution in [0.1, 0.15) is 39.4 Å². The van der Waals surface area contributed by atoms with Crippen molar-refractivity contribution in [2.75, 3.05) is 13.1 Å². The maximum absolute atomic E-state index is 13.3. The highest BCUT2D eigenvalue weighted by atomic mass is 35.5. The third kappa shape index (κ3) is 4.85. The molecule has 33 heavy (non-hydrogen) atoms. The van der Waals surface area contributed by atoms with Gasteiger partial charge in [0.1, 0.15) is 5.84 Å². The van der Waals surface area contributed by atoms with Gasteiger partial charge in [0.2, 0.25) is 0 Å². The number of carbonyl (C=O) groups excluding carboxylic acids is 2. The minimum atomic E-state index is -5.12. The van der Waals surface area contributed by atoms with Crippen LogP contribution in [-0.4, -0.2) is 47.9 Å². The van der Waals surface area contributed by atoms with Crippen molar-refractivity contribution in [2.45, 2.75) is 31.1 Å². The van der Waals surface area contributed by atoms with E-state index in [1.165, 1.54) is 12.1 Å². The van der Waals surface area contributed by atoms with Crippen molar-refractivity contribution in [2.24, 2.45) is 10.7 Å². The maximum Gasteiger partial charge on any atom is 0.473 e. The Labute approximate surface area is 197 Å². The van der Waals surface area contributed by atoms with Gasteiger partial charge >= 0.3 is 12.1 Å². The van der Waals surface area contributed by atoms with Gasteiger partial charge in [-0.25, -0.2) is 0 Å². The summed E-state index contributed by atoms with van der Waals surface area (Å²) in [5, 5.41) is 4.35. The molecule has 4 rings (SSSR count). The van der Waals surface area contributed by atoms with Gasteiger partial charge < -0.3 is 16.0 Å². The lowest BCUT2D eigenvalue weighted by Crippen LogP contribution is -2.48. The van der Waals surface area contributed by atoms with Gasteiger partial charge in [-0.2, -0.15) is 18.2 Å². The number of amidine groups is 1. The molecule has 2 aliphatic heterocycles. The summed E-state index contributed by atoms with van der Waals surface area (Å²) in [4.78, 5) is 29.1. The number of nitrogens with zero attached hydrogens (tertiary/aromatic N) is 2. The molecule has 2 aromatic carbocycles. The monoisotopic (exact) mass is 498 g/mol. The van der Waals surface area contributed by atoms with E-state index in [1.54, 1.807) is 17.0 Å². The van der Waals surface area contributed by atoms with Crippen molar-refractivity contribution in [3.05, 3.63) is 68.7 Å². The summed E-state index contributed by atoms with van der Waals surface area (Å²) < 4.78 is 37.5. The summed E-state index contributed by atoms with van der Waals surface area (Å²) in [5.74, 6) is -3.21. The molecule has 2 aromatic rings. The van der Waals surface area contributed by atoms with E-state index in [4.69, 9.17) is 28.9 Å². The first-order chi connectivity index (χ1) is 15.5. The quantitative estimate of drug-likeness (QED) is 0.496. The van der Waals surface area contributed by atoms with Crippen LogP contribution in [0.5, 0.6) is 0 Å². The number of rotatable bonds is 3. The topological polar surface area (TPSA) is 87.8 Å². The molecule has 1 fully saturated rings. The third-order valence-corrected chi connectivity index (χ3v) is 6.30. The van der Waals surface area contributed by atoms with Crippen LogP contribution in [0.4, 0.5) is 13.2 Å². The molecule has 1 unspecified atom stereocenters. The van der Waals surface area contributed by atoms with Gasteiger partial charge in [0.15, 0.2) is 0 Å². The number of piperidine rings is 1. The first-order valence-electron chi connectivity index (χ1n) is 10.1. The van der Waals surface area contributed by atoms with E-state index in [1.807, 2.05) is 12.1 Å². The molecule has 11 heteroatoms. The number of hydrogen-bond donors (Lipinski definition) is 2. The first-order valence-corrected chi connectivity index (χ1v) is 10.9. The predicted molar refractivity (Wildman–Crippen MR) is 119 cm³/mol. The highest BCUT2D eigenvalue weighted by Gasteiger charge is 2.40. The maximum atomic E-state index is 13.3. The lowest BCUT2D eigenvalue weighted by molar-refractivity contribution is -0.169. The Balaban J connectivity index is 1.61. The molecule has 0 saturated carbocycles. The van der Waals surface area contributed by atoms with Gasteiger partial charge in [0, 0.05) is 46.2 Å². The standard InChI is InChI=1S/C22H19Cl2F3N4O2/c23-14-5-13(6-15(24)8-14)17-9-29-4-3-18(17)31-10-12-2-1-11(7-16(12)20(31)32)19(28)30-21(33)22(25,26)27/h1-2,5-8,17-18,29H,3-4,9-10H2,(H2,28,30,33)/t17-,18?/m1/s1. The minimum Gasteiger partial charge on any atom is -0.383 e. The Bertz CT molecular complexity index is 1130. The minimum absolute atomic E-state index is 0.0521. The number of nitrogens with two attached hydrogens (primary N) is 1. The SMILES string of the molecule is NC(=NC(=O)C(F)(F)F)c1ccc2c(c1)C(=O)N(C1CCNC[C@@H]1c1cc(Cl)cc(Cl)c1)C2. The fourth-order valence-corrected chi connectivity index (χ4v) is 4.88. The summed E-state index contributed by atoms with van der Waals surface area (Å²) in [6.07, 6.45) is -4.42. The summed E-state index contributed by atoms with van der Waals surface area (Å²) in [5.41, 5.74) is 7.64. The molecule has 0 radical (unpaired) electrons. The van der Waals surface area contributed by atoms with Crippen LogP contribution in [0.25, 0.3) is 0 Å². The van der Waals surface area contributed by atoms with E-state index in [2.05, 4.69) is 10.3 Å². The van der Waals surface area contributed by atoms with Crippen LogP contribution in [0.15, 0.2) is 41.4 Å². The number of carbonyl (C=O) groups is 2. The summed E-state index contributed by atoms with van der Waals surface area (Å²) in [6, 6.07) is 9.63. The Hall–Kier alpha value is -2.62. The molecule has 0 aromatic heterocycles. The summed E-state index contributed by atoms with van der Waals surface area (Å²) in [7, 11) is 0. The highest BCUT2D eigenvalue weighted by Crippen LogP contribution is 2.36. The van der Waals surface area contributed by atoms with Gasteiger partial charge in [-0.05, 0) is 48.4 Å². The van der Waals surface area contributed by atoms with Crippen molar-refractivity contribution in [3.8, 4) is 0 Å². The molecular formula is C22H19Cl2F3N4O2. The molecule has 174 valence electrons. The van der Waals surface area contributed by atoms with E-state index in [0.717, 1.165) is 17.7 Å². The number of hydrogen-bond acceptors (Lipinski definition) is 3. The predicted octanol–water partition coefficient (Wildman–Crippen LogP) is 3.89. The van der Waals surface area contributed by atoms with Crippen LogP contribution >= 0.6 is 23.2 Å². The number of fused-ring (bicyclic) bond motifs is 1. The van der Waals surface area contributed by atoms with E-state index in [0.29, 0.717) is 35.1 Å². The zero-order valence-corrected chi connectivity index (χ0v) is 18.6. The molecular weight excluding hydrogens is 480 g/mol. The zero-order chi connectivity index (χ0) is 23.9. The number of amides is 2. The van der Waals surface area contributed by atoms with Crippen LogP contribution in [0.3, 0.4) is 0 Å². The lowest BCUT2D eigenvalue weighted by Gasteiger charge is -2.38. The van der Waals surface area contributed by atoms with Gasteiger partial charge in [-0.15, -0.1) is 0 Å². The molecule has 6 nitrogen and oxygen atoms in total. The van der Waals surface area contributed by atoms with Crippen LogP contribution in [0.2, 0.25) is 10.0 Å². The highest BCUT2D eigenvalue weighted by molar-refractivity contribution is 6.34. The number of aliphatic imine (C=N–C) groups is 1. The average molecular weight is 499 g/mol. The molecule has 0 spiro atoms. The van der Waals surface area contributed by atoms with Crippen molar-refractivity contribution in [1.29, 1.82) is 0 Å². The van der Waals surface area contributed by atoms with Crippen molar-refractivity contribution < 1.29 is 22.8 Å². The molecule has 2 aliphatic rings. The second-order valence-electron chi connectivity index (χ2n) is 7.97. The number of halogens is 5. The van der Waals surface area contributed by atoms with Gasteiger partial charge in [-0.3, -0.25) is 9.59 Å². The number of nitrogens with one attached hydrogen (secondary N) is 1. The average Bonchev–Trinajstić information content (AvgIpc) is 3.08. The molecule has 3 N–H and O–H groups in total. The van der Waals surface area contributed by atoms with Crippen molar-refractivity contribution in [1.82, 2.24) is 10.2 Å². The van der Waals surface area contributed by atoms with E-state index in [-0.39, 0.29) is 23.4 Å². The lowest BCUT2D eigenvalue weighted by atomic mass is 9.86. The molecule has 0 bridgehead atoms. The van der Waals surface area contributed by atoms with Crippen LogP contribution < -0.4 is 11.1 Å². The molecule has 2 amide bonds. The van der Waals surface area contributed by atoms with E-state index < -0.39 is 17.9 Å². The molecule has 2 atom stereocenters. The van der Waals surface area contributed by atoms with E-state index in [9.17, 15) is 22.8 Å². The fraction of sp³-hybridized carbons (Fsp3) is 0.318. The first kappa shape index (κ1) is 23.5. The van der Waals surface area contributed by atoms with Gasteiger partial charge in [0.25, 0.3) is 5.91 Å². The van der Waals surface area contributed by atoms with Gasteiger partial charge in [-0.1, -0.05) is 35.3 Å². The smallest absolute Gasteiger partial charge is 0.383 e. The Morgan fingerprint density at radius 1 is 1.15 bits per heavy atom. The molecule has 2 heterocycles. The normalized spacial score (nSPS) is 21.3. The molecule has 0 aliphatic carbocycles. The Kier molecular flexibility index (Phi) is 6.39. The van der Waals surface area contributed by atoms with Crippen LogP contribution in [-0.2, 0) is 11.3 Å². The fourth-order valence-electron chi connectivity index (χ4n) is 4.34. The number of benzene rings is 2. The Morgan fingerprint density at radius 3 is 2.52 bits per heavy atom. The van der Waals surface area contributed by atoms with E-state index >= 15 is 0 Å². The largest absolute Gasteiger partial charge is 0.473 e. The van der Waals surface area contributed by atoms with Gasteiger partial charge in [0.05, 0.1) is 0 Å².